The molecule has 38 heavy (non-hydrogen) atoms. The maximum Gasteiger partial charge on any atom is 0.243 e. The van der Waals surface area contributed by atoms with E-state index in [0.29, 0.717) is 6.42 Å². The van der Waals surface area contributed by atoms with Gasteiger partial charge < -0.3 is 32.3 Å². The average Bonchev–Trinajstić information content (AvgIpc) is 2.88. The Morgan fingerprint density at radius 2 is 1.45 bits per heavy atom. The second kappa shape index (κ2) is 14.4. The molecule has 0 aliphatic heterocycles. The summed E-state index contributed by atoms with van der Waals surface area (Å²) in [6.07, 6.45) is 0.502. The van der Waals surface area contributed by atoms with Gasteiger partial charge in [0.2, 0.25) is 23.6 Å². The number of nitrogens with one attached hydrogen (secondary N) is 1. The average molecular weight is 524 g/mol. The van der Waals surface area contributed by atoms with Crippen LogP contribution in [0.2, 0.25) is 0 Å². The van der Waals surface area contributed by atoms with Crippen molar-refractivity contribution in [3.8, 4) is 0 Å². The molecule has 0 heterocycles. The maximum atomic E-state index is 13.6. The number of carbonyl (C=O) groups is 4. The van der Waals surface area contributed by atoms with Crippen molar-refractivity contribution in [3.63, 3.8) is 0 Å². The van der Waals surface area contributed by atoms with Crippen LogP contribution in [-0.4, -0.2) is 71.1 Å². The Kier molecular flexibility index (Phi) is 11.3. The van der Waals surface area contributed by atoms with Crippen molar-refractivity contribution >= 4 is 29.6 Å². The zero-order chi connectivity index (χ0) is 28.1. The Bertz CT molecular complexity index is 1120. The van der Waals surface area contributed by atoms with Crippen LogP contribution in [0, 0.1) is 0 Å². The molecule has 0 unspecified atom stereocenters. The van der Waals surface area contributed by atoms with Crippen molar-refractivity contribution < 1.29 is 19.2 Å². The van der Waals surface area contributed by atoms with Gasteiger partial charge in [-0.2, -0.15) is 0 Å². The maximum absolute atomic E-state index is 13.6. The Labute approximate surface area is 223 Å². The molecule has 0 aliphatic rings. The number of hydrogen-bond donors (Lipinski definition) is 4. The summed E-state index contributed by atoms with van der Waals surface area (Å²) >= 11 is 0. The summed E-state index contributed by atoms with van der Waals surface area (Å²) in [5, 5.41) is 2.55. The first-order valence-electron chi connectivity index (χ1n) is 12.3. The van der Waals surface area contributed by atoms with Crippen molar-refractivity contribution in [2.45, 2.75) is 38.8 Å². The molecule has 11 nitrogen and oxygen atoms in total. The number of guanidine groups is 1. The molecule has 0 radical (unpaired) electrons. The van der Waals surface area contributed by atoms with E-state index in [4.69, 9.17) is 17.2 Å². The Morgan fingerprint density at radius 1 is 0.868 bits per heavy atom. The minimum Gasteiger partial charge on any atom is -0.370 e. The molecule has 0 spiro atoms. The van der Waals surface area contributed by atoms with Gasteiger partial charge in [-0.25, -0.2) is 0 Å². The quantitative estimate of drug-likeness (QED) is 0.202. The third kappa shape index (κ3) is 9.57. The highest BCUT2D eigenvalue weighted by Gasteiger charge is 2.37. The van der Waals surface area contributed by atoms with Gasteiger partial charge in [-0.3, -0.25) is 24.2 Å². The summed E-state index contributed by atoms with van der Waals surface area (Å²) in [6, 6.07) is 18.7. The van der Waals surface area contributed by atoms with Gasteiger partial charge in [-0.15, -0.1) is 0 Å². The number of carbonyl (C=O) groups excluding carboxylic acids is 4. The molecule has 0 saturated carbocycles. The molecular weight excluding hydrogens is 486 g/mol. The Balaban J connectivity index is 2.19. The summed E-state index contributed by atoms with van der Waals surface area (Å²) in [5.74, 6) is -2.09. The van der Waals surface area contributed by atoms with Crippen LogP contribution in [-0.2, 0) is 32.1 Å². The van der Waals surface area contributed by atoms with Crippen molar-refractivity contribution in [3.05, 3.63) is 71.8 Å². The molecule has 7 N–H and O–H groups in total. The van der Waals surface area contributed by atoms with Crippen molar-refractivity contribution in [1.82, 2.24) is 15.1 Å². The topological polar surface area (TPSA) is 177 Å². The lowest BCUT2D eigenvalue weighted by Crippen LogP contribution is -2.58. The minimum absolute atomic E-state index is 0.00573. The molecule has 0 bridgehead atoms. The zero-order valence-electron chi connectivity index (χ0n) is 21.9. The highest BCUT2D eigenvalue weighted by Crippen LogP contribution is 2.19. The van der Waals surface area contributed by atoms with Gasteiger partial charge in [0.1, 0.15) is 5.54 Å². The second-order valence-electron chi connectivity index (χ2n) is 9.27. The Morgan fingerprint density at radius 3 is 2.00 bits per heavy atom. The van der Waals surface area contributed by atoms with E-state index in [-0.39, 0.29) is 45.1 Å². The molecule has 11 heteroatoms. The van der Waals surface area contributed by atoms with E-state index in [0.717, 1.165) is 11.1 Å². The summed E-state index contributed by atoms with van der Waals surface area (Å²) in [7, 11) is 0. The van der Waals surface area contributed by atoms with Crippen molar-refractivity contribution in [2.24, 2.45) is 22.2 Å². The number of hydrogen-bond acceptors (Lipinski definition) is 5. The summed E-state index contributed by atoms with van der Waals surface area (Å²) in [5.41, 5.74) is 16.7. The van der Waals surface area contributed by atoms with E-state index < -0.39 is 29.2 Å². The zero-order valence-corrected chi connectivity index (χ0v) is 21.9. The molecule has 0 aliphatic carbocycles. The fourth-order valence-corrected chi connectivity index (χ4v) is 3.61. The highest BCUT2D eigenvalue weighted by atomic mass is 16.2. The first kappa shape index (κ1) is 29.8. The van der Waals surface area contributed by atoms with Gasteiger partial charge in [-0.1, -0.05) is 60.7 Å². The van der Waals surface area contributed by atoms with E-state index in [1.807, 2.05) is 60.7 Å². The van der Waals surface area contributed by atoms with Crippen LogP contribution in [0.15, 0.2) is 65.7 Å². The van der Waals surface area contributed by atoms with Gasteiger partial charge in [0.05, 0.1) is 19.6 Å². The number of aliphatic imine (C=N–C) groups is 1. The SMILES string of the molecule is CC(C)(C(N)=O)N(Cc1ccccc1)C(=O)CN(CCc1ccccc1)C(=O)CNC(=O)CCN=C(N)N. The van der Waals surface area contributed by atoms with Gasteiger partial charge in [0.25, 0.3) is 0 Å². The fraction of sp³-hybridized carbons (Fsp3) is 0.370. The largest absolute Gasteiger partial charge is 0.370 e. The number of nitrogens with two attached hydrogens (primary N) is 3. The lowest BCUT2D eigenvalue weighted by molar-refractivity contribution is -0.148. The second-order valence-corrected chi connectivity index (χ2v) is 9.27. The molecule has 204 valence electrons. The molecule has 0 saturated heterocycles. The lowest BCUT2D eigenvalue weighted by atomic mass is 10.00. The number of nitrogens with zero attached hydrogens (tertiary/aromatic N) is 3. The number of primary amides is 1. The minimum atomic E-state index is -1.30. The van der Waals surface area contributed by atoms with Crippen LogP contribution < -0.4 is 22.5 Å². The van der Waals surface area contributed by atoms with E-state index in [1.165, 1.54) is 9.80 Å². The number of amides is 4. The lowest BCUT2D eigenvalue weighted by Gasteiger charge is -2.37. The third-order valence-electron chi connectivity index (χ3n) is 6.02. The third-order valence-corrected chi connectivity index (χ3v) is 6.02. The van der Waals surface area contributed by atoms with Crippen LogP contribution in [0.1, 0.15) is 31.4 Å². The van der Waals surface area contributed by atoms with Crippen LogP contribution in [0.5, 0.6) is 0 Å². The van der Waals surface area contributed by atoms with E-state index in [9.17, 15) is 19.2 Å². The monoisotopic (exact) mass is 523 g/mol. The van der Waals surface area contributed by atoms with Gasteiger partial charge in [0, 0.05) is 19.5 Å². The predicted molar refractivity (Wildman–Crippen MR) is 145 cm³/mol. The summed E-state index contributed by atoms with van der Waals surface area (Å²) in [6.45, 7) is 3.01. The summed E-state index contributed by atoms with van der Waals surface area (Å²) < 4.78 is 0. The van der Waals surface area contributed by atoms with Gasteiger partial charge >= 0.3 is 0 Å². The van der Waals surface area contributed by atoms with E-state index in [1.54, 1.807) is 13.8 Å². The van der Waals surface area contributed by atoms with Gasteiger partial charge in [-0.05, 0) is 31.4 Å². The van der Waals surface area contributed by atoms with E-state index >= 15 is 0 Å². The molecule has 2 aromatic carbocycles. The fourth-order valence-electron chi connectivity index (χ4n) is 3.61. The molecule has 2 aromatic rings. The first-order chi connectivity index (χ1) is 18.0. The Hall–Kier alpha value is -4.41. The summed E-state index contributed by atoms with van der Waals surface area (Å²) in [4.78, 5) is 57.6. The van der Waals surface area contributed by atoms with Crippen LogP contribution in [0.25, 0.3) is 0 Å². The van der Waals surface area contributed by atoms with Crippen LogP contribution >= 0.6 is 0 Å². The van der Waals surface area contributed by atoms with E-state index in [2.05, 4.69) is 10.3 Å². The number of rotatable bonds is 14. The molecule has 2 rings (SSSR count). The standard InChI is InChI=1S/C27H37N7O4/c1-27(2,25(28)38)34(18-21-11-7-4-8-12-21)24(37)19-33(16-14-20-9-5-3-6-10-20)23(36)17-32-22(35)13-15-31-26(29)30/h3-12H,13-19H2,1-2H3,(H2,28,38)(H,32,35)(H4,29,30,31). The molecule has 4 amide bonds. The first-order valence-corrected chi connectivity index (χ1v) is 12.3. The van der Waals surface area contributed by atoms with Gasteiger partial charge in [0.15, 0.2) is 5.96 Å². The molecule has 0 aromatic heterocycles. The van der Waals surface area contributed by atoms with Crippen LogP contribution in [0.3, 0.4) is 0 Å². The van der Waals surface area contributed by atoms with Crippen LogP contribution in [0.4, 0.5) is 0 Å². The molecule has 0 fully saturated rings. The molecular formula is C27H37N7O4. The highest BCUT2D eigenvalue weighted by molar-refractivity contribution is 5.92. The molecule has 0 atom stereocenters. The van der Waals surface area contributed by atoms with Crippen molar-refractivity contribution in [2.75, 3.05) is 26.2 Å². The predicted octanol–water partition coefficient (Wildman–Crippen LogP) is 0.130. The number of benzene rings is 2. The normalized spacial score (nSPS) is 10.8. The smallest absolute Gasteiger partial charge is 0.243 e. The van der Waals surface area contributed by atoms with Crippen molar-refractivity contribution in [1.29, 1.82) is 0 Å².